The smallest absolute Gasteiger partial charge is 0.226 e. The zero-order valence-electron chi connectivity index (χ0n) is 15.9. The predicted octanol–water partition coefficient (Wildman–Crippen LogP) is 4.58. The van der Waals surface area contributed by atoms with Crippen molar-refractivity contribution in [3.8, 4) is 5.75 Å². The zero-order valence-corrected chi connectivity index (χ0v) is 15.9. The molecule has 28 heavy (non-hydrogen) atoms. The molecule has 0 saturated heterocycles. The molecule has 0 radical (unpaired) electrons. The Balaban J connectivity index is 1.38. The van der Waals surface area contributed by atoms with E-state index in [1.807, 2.05) is 36.4 Å². The van der Waals surface area contributed by atoms with Crippen molar-refractivity contribution in [2.24, 2.45) is 5.92 Å². The van der Waals surface area contributed by atoms with Gasteiger partial charge in [0.25, 0.3) is 0 Å². The molecule has 3 heteroatoms. The largest absolute Gasteiger partial charge is 0.492 e. The Labute approximate surface area is 166 Å². The summed E-state index contributed by atoms with van der Waals surface area (Å²) in [4.78, 5) is 12.7. The van der Waals surface area contributed by atoms with E-state index in [1.54, 1.807) is 0 Å². The van der Waals surface area contributed by atoms with Crippen LogP contribution in [0.4, 0.5) is 0 Å². The Morgan fingerprint density at radius 2 is 1.50 bits per heavy atom. The molecule has 0 aliphatic carbocycles. The topological polar surface area (TPSA) is 38.3 Å². The third kappa shape index (κ3) is 4.25. The molecule has 1 N–H and O–H groups in total. The highest BCUT2D eigenvalue weighted by molar-refractivity contribution is 5.79. The lowest BCUT2D eigenvalue weighted by Crippen LogP contribution is -2.38. The van der Waals surface area contributed by atoms with Crippen LogP contribution in [0.2, 0.25) is 0 Å². The minimum Gasteiger partial charge on any atom is -0.492 e. The van der Waals surface area contributed by atoms with Crippen molar-refractivity contribution in [1.82, 2.24) is 5.32 Å². The Morgan fingerprint density at radius 1 is 0.893 bits per heavy atom. The van der Waals surface area contributed by atoms with Crippen molar-refractivity contribution >= 4 is 5.91 Å². The number of carbonyl (C=O) groups excluding carboxylic acids is 1. The highest BCUT2D eigenvalue weighted by Gasteiger charge is 2.25. The molecule has 3 aromatic carbocycles. The van der Waals surface area contributed by atoms with E-state index < -0.39 is 0 Å². The van der Waals surface area contributed by atoms with Crippen LogP contribution >= 0.6 is 0 Å². The van der Waals surface area contributed by atoms with Gasteiger partial charge in [-0.15, -0.1) is 0 Å². The van der Waals surface area contributed by atoms with E-state index in [9.17, 15) is 4.79 Å². The third-order valence-electron chi connectivity index (χ3n) is 5.39. The minimum absolute atomic E-state index is 0.0781. The first-order valence-electron chi connectivity index (χ1n) is 9.89. The van der Waals surface area contributed by atoms with Gasteiger partial charge in [-0.3, -0.25) is 4.79 Å². The summed E-state index contributed by atoms with van der Waals surface area (Å²) in [6.07, 6.45) is 1.60. The fraction of sp³-hybridized carbons (Fsp3) is 0.240. The van der Waals surface area contributed by atoms with Crippen molar-refractivity contribution in [2.75, 3.05) is 13.2 Å². The summed E-state index contributed by atoms with van der Waals surface area (Å²) in [6, 6.07) is 28.9. The SMILES string of the molecule is O=C(NCCC(c1ccccc1)c1ccccc1)C1COc2ccccc2C1. The Kier molecular flexibility index (Phi) is 5.72. The lowest BCUT2D eigenvalue weighted by molar-refractivity contribution is -0.126. The van der Waals surface area contributed by atoms with Gasteiger partial charge in [0.2, 0.25) is 5.91 Å². The lowest BCUT2D eigenvalue weighted by atomic mass is 9.88. The van der Waals surface area contributed by atoms with Gasteiger partial charge in [0.05, 0.1) is 5.92 Å². The fourth-order valence-electron chi connectivity index (χ4n) is 3.88. The number of benzene rings is 3. The predicted molar refractivity (Wildman–Crippen MR) is 111 cm³/mol. The molecule has 0 saturated carbocycles. The van der Waals surface area contributed by atoms with Crippen LogP contribution in [0.15, 0.2) is 84.9 Å². The highest BCUT2D eigenvalue weighted by Crippen LogP contribution is 2.28. The van der Waals surface area contributed by atoms with Gasteiger partial charge in [-0.05, 0) is 35.6 Å². The molecule has 0 spiro atoms. The van der Waals surface area contributed by atoms with Crippen LogP contribution in [0.3, 0.4) is 0 Å². The minimum atomic E-state index is -0.123. The molecular weight excluding hydrogens is 346 g/mol. The van der Waals surface area contributed by atoms with Crippen molar-refractivity contribution in [3.63, 3.8) is 0 Å². The van der Waals surface area contributed by atoms with Crippen molar-refractivity contribution in [1.29, 1.82) is 0 Å². The zero-order chi connectivity index (χ0) is 19.2. The van der Waals surface area contributed by atoms with Crippen LogP contribution in [-0.4, -0.2) is 19.1 Å². The summed E-state index contributed by atoms with van der Waals surface area (Å²) in [5.74, 6) is 1.13. The Hall–Kier alpha value is -3.07. The van der Waals surface area contributed by atoms with Gasteiger partial charge >= 0.3 is 0 Å². The summed E-state index contributed by atoms with van der Waals surface area (Å²) >= 11 is 0. The molecule has 1 atom stereocenters. The van der Waals surface area contributed by atoms with E-state index in [2.05, 4.69) is 53.8 Å². The molecule has 4 rings (SSSR count). The molecule has 1 aliphatic heterocycles. The maximum Gasteiger partial charge on any atom is 0.226 e. The van der Waals surface area contributed by atoms with E-state index in [0.717, 1.165) is 24.2 Å². The average molecular weight is 371 g/mol. The van der Waals surface area contributed by atoms with E-state index >= 15 is 0 Å². The van der Waals surface area contributed by atoms with Gasteiger partial charge in [-0.25, -0.2) is 0 Å². The number of para-hydroxylation sites is 1. The maximum atomic E-state index is 12.7. The summed E-state index contributed by atoms with van der Waals surface area (Å²) in [6.45, 7) is 1.09. The maximum absolute atomic E-state index is 12.7. The van der Waals surface area contributed by atoms with Gasteiger partial charge in [-0.2, -0.15) is 0 Å². The number of rotatable bonds is 6. The van der Waals surface area contributed by atoms with E-state index in [4.69, 9.17) is 4.74 Å². The number of fused-ring (bicyclic) bond motifs is 1. The van der Waals surface area contributed by atoms with Crippen molar-refractivity contribution < 1.29 is 9.53 Å². The summed E-state index contributed by atoms with van der Waals surface area (Å²) < 4.78 is 5.76. The second-order valence-electron chi connectivity index (χ2n) is 7.27. The van der Waals surface area contributed by atoms with Crippen molar-refractivity contribution in [3.05, 3.63) is 102 Å². The molecule has 142 valence electrons. The third-order valence-corrected chi connectivity index (χ3v) is 5.39. The van der Waals surface area contributed by atoms with Crippen LogP contribution in [0, 0.1) is 5.92 Å². The van der Waals surface area contributed by atoms with Gasteiger partial charge in [0.15, 0.2) is 0 Å². The Morgan fingerprint density at radius 3 is 2.18 bits per heavy atom. The first-order valence-corrected chi connectivity index (χ1v) is 9.89. The lowest BCUT2D eigenvalue weighted by Gasteiger charge is -2.25. The van der Waals surface area contributed by atoms with Crippen LogP contribution in [0.1, 0.15) is 29.0 Å². The average Bonchev–Trinajstić information content (AvgIpc) is 2.77. The molecule has 1 aliphatic rings. The molecule has 3 aromatic rings. The van der Waals surface area contributed by atoms with E-state index in [-0.39, 0.29) is 17.7 Å². The number of nitrogens with one attached hydrogen (secondary N) is 1. The number of ether oxygens (including phenoxy) is 1. The first kappa shape index (κ1) is 18.3. The standard InChI is InChI=1S/C25H25NO2/c27-25(22-17-21-13-7-8-14-24(21)28-18-22)26-16-15-23(19-9-3-1-4-10-19)20-11-5-2-6-12-20/h1-14,22-23H,15-18H2,(H,26,27). The summed E-state index contributed by atoms with van der Waals surface area (Å²) in [5, 5.41) is 3.13. The first-order chi connectivity index (χ1) is 13.8. The van der Waals surface area contributed by atoms with Gasteiger partial charge in [-0.1, -0.05) is 78.9 Å². The molecule has 0 bridgehead atoms. The van der Waals surface area contributed by atoms with Gasteiger partial charge in [0, 0.05) is 12.5 Å². The Bertz CT molecular complexity index is 869. The summed E-state index contributed by atoms with van der Waals surface area (Å²) in [5.41, 5.74) is 3.66. The molecular formula is C25H25NO2. The molecule has 0 fully saturated rings. The van der Waals surface area contributed by atoms with E-state index in [1.165, 1.54) is 11.1 Å². The normalized spacial score (nSPS) is 15.5. The molecule has 0 aromatic heterocycles. The number of amides is 1. The number of hydrogen-bond acceptors (Lipinski definition) is 2. The van der Waals surface area contributed by atoms with Crippen LogP contribution in [0.5, 0.6) is 5.75 Å². The number of carbonyl (C=O) groups is 1. The van der Waals surface area contributed by atoms with Crippen molar-refractivity contribution in [2.45, 2.75) is 18.8 Å². The summed E-state index contributed by atoms with van der Waals surface area (Å²) in [7, 11) is 0. The second-order valence-corrected chi connectivity index (χ2v) is 7.27. The monoisotopic (exact) mass is 371 g/mol. The highest BCUT2D eigenvalue weighted by atomic mass is 16.5. The molecule has 1 unspecified atom stereocenters. The molecule has 1 heterocycles. The quantitative estimate of drug-likeness (QED) is 0.689. The van der Waals surface area contributed by atoms with Crippen LogP contribution < -0.4 is 10.1 Å². The molecule has 1 amide bonds. The second kappa shape index (κ2) is 8.75. The van der Waals surface area contributed by atoms with E-state index in [0.29, 0.717) is 13.2 Å². The van der Waals surface area contributed by atoms with Gasteiger partial charge in [0.1, 0.15) is 12.4 Å². The van der Waals surface area contributed by atoms with Crippen LogP contribution in [0.25, 0.3) is 0 Å². The molecule has 3 nitrogen and oxygen atoms in total. The van der Waals surface area contributed by atoms with Crippen LogP contribution in [-0.2, 0) is 11.2 Å². The fourth-order valence-corrected chi connectivity index (χ4v) is 3.88. The van der Waals surface area contributed by atoms with Gasteiger partial charge < -0.3 is 10.1 Å². The number of hydrogen-bond donors (Lipinski definition) is 1.